The summed E-state index contributed by atoms with van der Waals surface area (Å²) < 4.78 is 74.6. The normalized spacial score (nSPS) is 16.4. The second-order valence-corrected chi connectivity index (χ2v) is 8.95. The van der Waals surface area contributed by atoms with Crippen molar-refractivity contribution in [1.29, 1.82) is 0 Å². The van der Waals surface area contributed by atoms with Crippen molar-refractivity contribution in [3.63, 3.8) is 0 Å². The molecule has 1 aliphatic rings. The van der Waals surface area contributed by atoms with Crippen LogP contribution < -0.4 is 19.5 Å². The number of hydrogen-bond acceptors (Lipinski definition) is 5. The van der Waals surface area contributed by atoms with Crippen molar-refractivity contribution in [2.45, 2.75) is 37.3 Å². The third-order valence-corrected chi connectivity index (χ3v) is 5.98. The lowest BCUT2D eigenvalue weighted by atomic mass is 10.2. The Bertz CT molecular complexity index is 1060. The van der Waals surface area contributed by atoms with Crippen molar-refractivity contribution in [2.75, 3.05) is 5.32 Å². The molecule has 30 heavy (non-hydrogen) atoms. The fraction of sp³-hybridized carbons (Fsp3) is 0.278. The number of amides is 1. The summed E-state index contributed by atoms with van der Waals surface area (Å²) in [5.41, 5.74) is 0.630. The van der Waals surface area contributed by atoms with Gasteiger partial charge < -0.3 is 14.8 Å². The van der Waals surface area contributed by atoms with Crippen molar-refractivity contribution in [3.8, 4) is 11.5 Å². The average molecular weight is 509 g/mol. The molecule has 1 unspecified atom stereocenters. The van der Waals surface area contributed by atoms with E-state index in [4.69, 9.17) is 4.74 Å². The molecule has 0 saturated carbocycles. The number of fused-ring (bicyclic) bond motifs is 1. The van der Waals surface area contributed by atoms with E-state index in [0.29, 0.717) is 16.5 Å². The summed E-state index contributed by atoms with van der Waals surface area (Å²) in [6, 6.07) is 7.65. The molecule has 0 aliphatic carbocycles. The molecule has 0 spiro atoms. The number of nitrogens with one attached hydrogen (secondary N) is 2. The van der Waals surface area contributed by atoms with Gasteiger partial charge in [0.1, 0.15) is 10.6 Å². The van der Waals surface area contributed by atoms with Gasteiger partial charge in [-0.2, -0.15) is 0 Å². The van der Waals surface area contributed by atoms with E-state index in [1.165, 1.54) is 24.3 Å². The fourth-order valence-corrected chi connectivity index (χ4v) is 4.53. The maximum atomic E-state index is 12.9. The zero-order chi connectivity index (χ0) is 22.1. The minimum absolute atomic E-state index is 0.0195. The molecule has 3 rings (SSSR count). The van der Waals surface area contributed by atoms with E-state index in [2.05, 4.69) is 30.7 Å². The fourth-order valence-electron chi connectivity index (χ4n) is 2.73. The van der Waals surface area contributed by atoms with E-state index in [1.807, 2.05) is 0 Å². The molecule has 0 saturated heterocycles. The molecule has 12 heteroatoms. The Labute approximate surface area is 178 Å². The number of anilines is 1. The highest BCUT2D eigenvalue weighted by atomic mass is 79.9. The van der Waals surface area contributed by atoms with Gasteiger partial charge in [-0.05, 0) is 36.2 Å². The van der Waals surface area contributed by atoms with Gasteiger partial charge >= 0.3 is 6.36 Å². The average Bonchev–Trinajstić information content (AvgIpc) is 2.65. The van der Waals surface area contributed by atoms with E-state index in [9.17, 15) is 26.4 Å². The van der Waals surface area contributed by atoms with Crippen LogP contribution in [-0.4, -0.2) is 26.8 Å². The Morgan fingerprint density at radius 3 is 2.50 bits per heavy atom. The van der Waals surface area contributed by atoms with Gasteiger partial charge in [-0.15, -0.1) is 13.2 Å². The summed E-state index contributed by atoms with van der Waals surface area (Å²) in [7, 11) is -4.08. The first kappa shape index (κ1) is 22.4. The highest BCUT2D eigenvalue weighted by Crippen LogP contribution is 2.39. The lowest BCUT2D eigenvalue weighted by molar-refractivity contribution is -0.274. The molecule has 0 bridgehead atoms. The second-order valence-electron chi connectivity index (χ2n) is 6.30. The number of hydrogen-bond donors (Lipinski definition) is 2. The van der Waals surface area contributed by atoms with Crippen molar-refractivity contribution < 1.29 is 35.9 Å². The molecular formula is C18H16BrF3N2O5S. The van der Waals surface area contributed by atoms with Crippen molar-refractivity contribution in [1.82, 2.24) is 4.72 Å². The smallest absolute Gasteiger partial charge is 0.477 e. The summed E-state index contributed by atoms with van der Waals surface area (Å²) in [4.78, 5) is 11.8. The van der Waals surface area contributed by atoms with Crippen LogP contribution in [-0.2, 0) is 21.4 Å². The van der Waals surface area contributed by atoms with Crippen molar-refractivity contribution in [3.05, 3.63) is 46.4 Å². The van der Waals surface area contributed by atoms with Crippen LogP contribution in [0.3, 0.4) is 0 Å². The Morgan fingerprint density at radius 1 is 1.23 bits per heavy atom. The van der Waals surface area contributed by atoms with Gasteiger partial charge in [-0.3, -0.25) is 4.79 Å². The molecule has 1 amide bonds. The monoisotopic (exact) mass is 508 g/mol. The third-order valence-electron chi connectivity index (χ3n) is 4.11. The topological polar surface area (TPSA) is 93.7 Å². The molecule has 7 nitrogen and oxygen atoms in total. The largest absolute Gasteiger partial charge is 0.573 e. The van der Waals surface area contributed by atoms with Gasteiger partial charge in [0.25, 0.3) is 5.91 Å². The lowest BCUT2D eigenvalue weighted by Gasteiger charge is -2.27. The number of alkyl halides is 3. The first-order valence-electron chi connectivity index (χ1n) is 8.64. The Hall–Kier alpha value is -2.31. The zero-order valence-corrected chi connectivity index (χ0v) is 17.8. The van der Waals surface area contributed by atoms with Crippen LogP contribution in [0.2, 0.25) is 0 Å². The third kappa shape index (κ3) is 5.24. The Morgan fingerprint density at radius 2 is 1.90 bits per heavy atom. The summed E-state index contributed by atoms with van der Waals surface area (Å²) in [5, 5.41) is 2.62. The molecule has 0 aromatic heterocycles. The number of carbonyl (C=O) groups is 1. The maximum Gasteiger partial charge on any atom is 0.573 e. The minimum Gasteiger partial charge on any atom is -0.477 e. The second kappa shape index (κ2) is 8.44. The molecular weight excluding hydrogens is 493 g/mol. The van der Waals surface area contributed by atoms with Gasteiger partial charge in [0.05, 0.1) is 5.69 Å². The van der Waals surface area contributed by atoms with Crippen molar-refractivity contribution >= 4 is 37.5 Å². The summed E-state index contributed by atoms with van der Waals surface area (Å²) in [5.74, 6) is -0.767. The van der Waals surface area contributed by atoms with Crippen LogP contribution in [0.25, 0.3) is 0 Å². The van der Waals surface area contributed by atoms with Crippen molar-refractivity contribution in [2.24, 2.45) is 0 Å². The molecule has 1 heterocycles. The maximum absolute atomic E-state index is 12.9. The summed E-state index contributed by atoms with van der Waals surface area (Å²) >= 11 is 3.21. The van der Waals surface area contributed by atoms with E-state index < -0.39 is 28.2 Å². The predicted molar refractivity (Wildman–Crippen MR) is 105 cm³/mol. The summed E-state index contributed by atoms with van der Waals surface area (Å²) in [6.07, 6.45) is -5.29. The van der Waals surface area contributed by atoms with E-state index in [0.717, 1.165) is 12.1 Å². The molecule has 162 valence electrons. The number of sulfonamides is 1. The quantitative estimate of drug-likeness (QED) is 0.616. The van der Waals surface area contributed by atoms with E-state index >= 15 is 0 Å². The predicted octanol–water partition coefficient (Wildman–Crippen LogP) is 3.94. The Kier molecular flexibility index (Phi) is 6.29. The number of benzene rings is 2. The SMILES string of the molecule is CCC1Oc2c(cc(Br)cc2S(=O)(=O)NCc2ccc(OC(F)(F)F)cc2)NC1=O. The van der Waals surface area contributed by atoms with Crippen LogP contribution in [0.5, 0.6) is 11.5 Å². The Balaban J connectivity index is 1.80. The van der Waals surface area contributed by atoms with Crippen LogP contribution in [0.1, 0.15) is 18.9 Å². The summed E-state index contributed by atoms with van der Waals surface area (Å²) in [6.45, 7) is 1.55. The molecule has 2 N–H and O–H groups in total. The van der Waals surface area contributed by atoms with E-state index in [-0.39, 0.29) is 28.8 Å². The van der Waals surface area contributed by atoms with Gasteiger partial charge in [-0.1, -0.05) is 35.0 Å². The zero-order valence-electron chi connectivity index (χ0n) is 15.4. The van der Waals surface area contributed by atoms with Crippen LogP contribution in [0.4, 0.5) is 18.9 Å². The molecule has 0 fully saturated rings. The number of rotatable bonds is 6. The molecule has 1 atom stereocenters. The van der Waals surface area contributed by atoms with E-state index in [1.54, 1.807) is 6.92 Å². The lowest BCUT2D eigenvalue weighted by Crippen LogP contribution is -2.37. The first-order valence-corrected chi connectivity index (χ1v) is 10.9. The van der Waals surface area contributed by atoms with Gasteiger partial charge in [-0.25, -0.2) is 13.1 Å². The number of ether oxygens (including phenoxy) is 2. The standard InChI is InChI=1S/C18H16BrF3N2O5S/c1-2-14-17(25)24-13-7-11(19)8-15(16(13)28-14)30(26,27)23-9-10-3-5-12(6-4-10)29-18(20,21)22/h3-8,14,23H,2,9H2,1H3,(H,24,25). The first-order chi connectivity index (χ1) is 14.0. The van der Waals surface area contributed by atoms with Gasteiger partial charge in [0.15, 0.2) is 11.9 Å². The van der Waals surface area contributed by atoms with Gasteiger partial charge in [0.2, 0.25) is 10.0 Å². The molecule has 1 aliphatic heterocycles. The number of halogens is 4. The van der Waals surface area contributed by atoms with Crippen LogP contribution in [0, 0.1) is 0 Å². The number of carbonyl (C=O) groups excluding carboxylic acids is 1. The highest BCUT2D eigenvalue weighted by Gasteiger charge is 2.33. The molecule has 0 radical (unpaired) electrons. The highest BCUT2D eigenvalue weighted by molar-refractivity contribution is 9.10. The molecule has 2 aromatic carbocycles. The van der Waals surface area contributed by atoms with Crippen LogP contribution >= 0.6 is 15.9 Å². The minimum atomic E-state index is -4.81. The van der Waals surface area contributed by atoms with Crippen LogP contribution in [0.15, 0.2) is 45.8 Å². The van der Waals surface area contributed by atoms with Gasteiger partial charge in [0, 0.05) is 11.0 Å². The molecule has 2 aromatic rings.